The molecular formula is C25H28N4O6S. The van der Waals surface area contributed by atoms with E-state index in [0.29, 0.717) is 24.5 Å². The van der Waals surface area contributed by atoms with E-state index in [-0.39, 0.29) is 16.1 Å². The average molecular weight is 513 g/mol. The van der Waals surface area contributed by atoms with Gasteiger partial charge >= 0.3 is 5.97 Å². The minimum atomic E-state index is -3.71. The van der Waals surface area contributed by atoms with Crippen LogP contribution in [0.4, 0.5) is 5.69 Å². The van der Waals surface area contributed by atoms with Crippen molar-refractivity contribution in [1.29, 1.82) is 0 Å². The van der Waals surface area contributed by atoms with Crippen molar-refractivity contribution in [3.63, 3.8) is 0 Å². The van der Waals surface area contributed by atoms with Gasteiger partial charge in [0.1, 0.15) is 5.69 Å². The van der Waals surface area contributed by atoms with Crippen LogP contribution in [0.25, 0.3) is 5.69 Å². The number of hydrogen-bond donors (Lipinski definition) is 1. The fraction of sp³-hybridized carbons (Fsp3) is 0.320. The van der Waals surface area contributed by atoms with E-state index in [2.05, 4.69) is 5.32 Å². The third-order valence-electron chi connectivity index (χ3n) is 6.23. The van der Waals surface area contributed by atoms with Crippen molar-refractivity contribution in [2.45, 2.75) is 37.7 Å². The van der Waals surface area contributed by atoms with Gasteiger partial charge < -0.3 is 10.1 Å². The molecule has 0 spiro atoms. The summed E-state index contributed by atoms with van der Waals surface area (Å²) in [6.45, 7) is 3.96. The van der Waals surface area contributed by atoms with Crippen molar-refractivity contribution in [3.05, 3.63) is 76.2 Å². The molecule has 0 bridgehead atoms. The molecule has 0 radical (unpaired) electrons. The molecule has 1 atom stereocenters. The smallest absolute Gasteiger partial charge is 0.338 e. The Hall–Kier alpha value is -3.70. The monoisotopic (exact) mass is 512 g/mol. The Morgan fingerprint density at radius 3 is 2.36 bits per heavy atom. The first-order chi connectivity index (χ1) is 17.1. The molecule has 2 heterocycles. The van der Waals surface area contributed by atoms with Gasteiger partial charge in [0.2, 0.25) is 10.0 Å². The van der Waals surface area contributed by atoms with Crippen LogP contribution in [0.2, 0.25) is 0 Å². The second-order valence-corrected chi connectivity index (χ2v) is 10.6. The molecule has 4 rings (SSSR count). The minimum Gasteiger partial charge on any atom is -0.449 e. The molecule has 10 nitrogen and oxygen atoms in total. The van der Waals surface area contributed by atoms with Gasteiger partial charge in [0, 0.05) is 20.1 Å². The molecule has 190 valence electrons. The number of carbonyl (C=O) groups excluding carboxylic acids is 2. The summed E-state index contributed by atoms with van der Waals surface area (Å²) in [5, 5.41) is 2.57. The fourth-order valence-electron chi connectivity index (χ4n) is 4.08. The van der Waals surface area contributed by atoms with Gasteiger partial charge in [0.05, 0.1) is 21.8 Å². The standard InChI is InChI=1S/C25H28N4O6S/c1-17-22(24(31)29(27(17)3)20-11-5-4-6-12-20)26-23(30)18(2)35-25(32)19-10-9-13-21(16-19)36(33,34)28-14-7-8-15-28/h4-6,9-13,16,18H,7-8,14-15H2,1-3H3,(H,26,30)/t18-/m1/s1. The van der Waals surface area contributed by atoms with E-state index in [0.717, 1.165) is 12.8 Å². The Balaban J connectivity index is 1.48. The van der Waals surface area contributed by atoms with E-state index in [4.69, 9.17) is 4.74 Å². The van der Waals surface area contributed by atoms with Crippen LogP contribution in [-0.4, -0.2) is 53.2 Å². The first-order valence-electron chi connectivity index (χ1n) is 11.6. The van der Waals surface area contributed by atoms with Crippen molar-refractivity contribution in [1.82, 2.24) is 13.7 Å². The molecule has 1 amide bonds. The molecule has 1 aliphatic heterocycles. The summed E-state index contributed by atoms with van der Waals surface area (Å²) in [6.07, 6.45) is 0.357. The number of benzene rings is 2. The van der Waals surface area contributed by atoms with Crippen LogP contribution in [-0.2, 0) is 26.6 Å². The Morgan fingerprint density at radius 2 is 1.69 bits per heavy atom. The van der Waals surface area contributed by atoms with Gasteiger partial charge in [0.25, 0.3) is 11.5 Å². The van der Waals surface area contributed by atoms with Crippen LogP contribution in [0, 0.1) is 6.92 Å². The Bertz CT molecular complexity index is 1450. The van der Waals surface area contributed by atoms with E-state index in [1.54, 1.807) is 42.9 Å². The second kappa shape index (κ2) is 10.1. The van der Waals surface area contributed by atoms with Gasteiger partial charge in [-0.3, -0.25) is 14.3 Å². The van der Waals surface area contributed by atoms with Crippen LogP contribution in [0.15, 0.2) is 64.3 Å². The van der Waals surface area contributed by atoms with Crippen molar-refractivity contribution < 1.29 is 22.7 Å². The van der Waals surface area contributed by atoms with E-state index in [1.807, 2.05) is 6.07 Å². The largest absolute Gasteiger partial charge is 0.449 e. The number of nitrogens with one attached hydrogen (secondary N) is 1. The molecule has 3 aromatic rings. The fourth-order valence-corrected chi connectivity index (χ4v) is 5.64. The van der Waals surface area contributed by atoms with E-state index in [1.165, 1.54) is 40.2 Å². The van der Waals surface area contributed by atoms with Gasteiger partial charge in [0.15, 0.2) is 6.10 Å². The lowest BCUT2D eigenvalue weighted by atomic mass is 10.2. The summed E-state index contributed by atoms with van der Waals surface area (Å²) in [5.41, 5.74) is 0.825. The van der Waals surface area contributed by atoms with Gasteiger partial charge in [-0.25, -0.2) is 17.9 Å². The summed E-state index contributed by atoms with van der Waals surface area (Å²) in [5.74, 6) is -1.53. The molecule has 0 aliphatic carbocycles. The van der Waals surface area contributed by atoms with E-state index < -0.39 is 33.6 Å². The van der Waals surface area contributed by atoms with Gasteiger partial charge in [-0.2, -0.15) is 4.31 Å². The molecule has 1 aromatic heterocycles. The number of aromatic nitrogens is 2. The van der Waals surface area contributed by atoms with Crippen LogP contribution in [0.1, 0.15) is 35.8 Å². The summed E-state index contributed by atoms with van der Waals surface area (Å²) >= 11 is 0. The highest BCUT2D eigenvalue weighted by molar-refractivity contribution is 7.89. The van der Waals surface area contributed by atoms with Crippen LogP contribution in [0.3, 0.4) is 0 Å². The molecule has 36 heavy (non-hydrogen) atoms. The van der Waals surface area contributed by atoms with Crippen molar-refractivity contribution in [2.75, 3.05) is 18.4 Å². The number of ether oxygens (including phenoxy) is 1. The Morgan fingerprint density at radius 1 is 1.03 bits per heavy atom. The maximum Gasteiger partial charge on any atom is 0.338 e. The number of amides is 1. The predicted molar refractivity (Wildman–Crippen MR) is 134 cm³/mol. The summed E-state index contributed by atoms with van der Waals surface area (Å²) in [7, 11) is -2.01. The maximum absolute atomic E-state index is 13.0. The van der Waals surface area contributed by atoms with Gasteiger partial charge in [-0.15, -0.1) is 0 Å². The maximum atomic E-state index is 13.0. The van der Waals surface area contributed by atoms with Crippen LogP contribution < -0.4 is 10.9 Å². The molecule has 1 aliphatic rings. The Labute approximate surface area is 209 Å². The summed E-state index contributed by atoms with van der Waals surface area (Å²) in [6, 6.07) is 14.5. The van der Waals surface area contributed by atoms with Crippen LogP contribution in [0.5, 0.6) is 0 Å². The molecule has 1 N–H and O–H groups in total. The zero-order chi connectivity index (χ0) is 26.0. The van der Waals surface area contributed by atoms with Crippen molar-refractivity contribution in [3.8, 4) is 5.69 Å². The number of nitrogens with zero attached hydrogens (tertiary/aromatic N) is 3. The molecule has 1 fully saturated rings. The normalized spacial score (nSPS) is 15.0. The van der Waals surface area contributed by atoms with Crippen molar-refractivity contribution in [2.24, 2.45) is 7.05 Å². The first kappa shape index (κ1) is 25.4. The van der Waals surface area contributed by atoms with Crippen molar-refractivity contribution >= 4 is 27.6 Å². The first-order valence-corrected chi connectivity index (χ1v) is 13.0. The number of anilines is 1. The molecule has 1 saturated heterocycles. The molecule has 2 aromatic carbocycles. The highest BCUT2D eigenvalue weighted by Gasteiger charge is 2.28. The number of esters is 1. The number of rotatable bonds is 7. The van der Waals surface area contributed by atoms with E-state index >= 15 is 0 Å². The average Bonchev–Trinajstić information content (AvgIpc) is 3.49. The van der Waals surface area contributed by atoms with E-state index in [9.17, 15) is 22.8 Å². The number of para-hydroxylation sites is 1. The predicted octanol–water partition coefficient (Wildman–Crippen LogP) is 2.45. The van der Waals surface area contributed by atoms with Crippen LogP contribution >= 0.6 is 0 Å². The lowest BCUT2D eigenvalue weighted by Gasteiger charge is -2.16. The topological polar surface area (TPSA) is 120 Å². The highest BCUT2D eigenvalue weighted by atomic mass is 32.2. The Kier molecular flexibility index (Phi) is 7.14. The number of sulfonamides is 1. The zero-order valence-corrected chi connectivity index (χ0v) is 21.1. The third kappa shape index (κ3) is 4.84. The SMILES string of the molecule is Cc1c(NC(=O)[C@@H](C)OC(=O)c2cccc(S(=O)(=O)N3CCCC3)c2)c(=O)n(-c2ccccc2)n1C. The number of hydrogen-bond acceptors (Lipinski definition) is 6. The third-order valence-corrected chi connectivity index (χ3v) is 8.12. The molecule has 0 saturated carbocycles. The van der Waals surface area contributed by atoms with Gasteiger partial charge in [-0.05, 0) is 57.0 Å². The summed E-state index contributed by atoms with van der Waals surface area (Å²) in [4.78, 5) is 38.5. The second-order valence-electron chi connectivity index (χ2n) is 8.61. The molecule has 11 heteroatoms. The van der Waals surface area contributed by atoms with Gasteiger partial charge in [-0.1, -0.05) is 24.3 Å². The molecule has 0 unspecified atom stereocenters. The minimum absolute atomic E-state index is 0.00247. The lowest BCUT2D eigenvalue weighted by molar-refractivity contribution is -0.123. The highest BCUT2D eigenvalue weighted by Crippen LogP contribution is 2.22. The quantitative estimate of drug-likeness (QED) is 0.486. The molecular weight excluding hydrogens is 484 g/mol. The lowest BCUT2D eigenvalue weighted by Crippen LogP contribution is -2.32. The zero-order valence-electron chi connectivity index (χ0n) is 20.3. The number of carbonyl (C=O) groups is 2. The summed E-state index contributed by atoms with van der Waals surface area (Å²) < 4.78 is 35.4.